The van der Waals surface area contributed by atoms with Crippen LogP contribution in [0.15, 0.2) is 181 Å². The first-order chi connectivity index (χ1) is 47.1. The molecule has 518 valence electrons. The Kier molecular flexibility index (Phi) is 27.3. The van der Waals surface area contributed by atoms with Crippen molar-refractivity contribution in [3.8, 4) is 0 Å². The summed E-state index contributed by atoms with van der Waals surface area (Å²) >= 11 is 0. The van der Waals surface area contributed by atoms with Crippen molar-refractivity contribution in [2.75, 3.05) is 32.0 Å². The molecular weight excluding hydrogens is 1290 g/mol. The summed E-state index contributed by atoms with van der Waals surface area (Å²) in [6, 6.07) is 38.6. The highest BCUT2D eigenvalue weighted by Gasteiger charge is 2.55. The fourth-order valence-electron chi connectivity index (χ4n) is 10.7. The molecule has 2 fully saturated rings. The van der Waals surface area contributed by atoms with Crippen molar-refractivity contribution in [2.24, 2.45) is 5.11 Å². The number of benzene rings is 5. The lowest BCUT2D eigenvalue weighted by atomic mass is 9.83. The van der Waals surface area contributed by atoms with Crippen LogP contribution in [0.3, 0.4) is 0 Å². The molecular formula is C66H77N9O21S. The largest absolute Gasteiger partial charge is 0.445 e. The van der Waals surface area contributed by atoms with E-state index >= 15 is 0 Å². The number of alkyl carbamates (subject to hydrolysis) is 5. The molecule has 97 heavy (non-hydrogen) atoms. The number of sulfonamides is 1. The molecule has 30 nitrogen and oxygen atoms in total. The smallest absolute Gasteiger partial charge is 0.408 e. The van der Waals surface area contributed by atoms with E-state index < -0.39 is 151 Å². The SMILES string of the molecule is [N-]=[N+]=NCCCS(=O)(=O)N[C@@H]1C[C@H](NC(=O)OCc2ccccc2)[C@@H](O[C@H]2O[C@H](CNC(=O)OCc3ccccc3)C=C[C@H]2NC(=O)OCc2ccccc2)[C@H](O[C@@H]2O[C@H](CO)[C@@H](O[C@H]3O[C@@H](CNC(=O)OCc4ccccc4)C=C[C@H]3NC(=O)OCc3ccccc3)[C@H]2O)[C@H]1O. The number of aliphatic hydroxyl groups excluding tert-OH is 3. The topological polar surface area (TPSA) is 403 Å². The summed E-state index contributed by atoms with van der Waals surface area (Å²) in [6.45, 7) is -2.13. The molecule has 1 aliphatic carbocycles. The lowest BCUT2D eigenvalue weighted by Gasteiger charge is -2.47. The molecule has 9 N–H and O–H groups in total. The summed E-state index contributed by atoms with van der Waals surface area (Å²) in [6.07, 6.45) is -17.0. The highest BCUT2D eigenvalue weighted by atomic mass is 32.2. The van der Waals surface area contributed by atoms with Crippen LogP contribution in [0.2, 0.25) is 0 Å². The van der Waals surface area contributed by atoms with Crippen molar-refractivity contribution in [1.82, 2.24) is 31.3 Å². The van der Waals surface area contributed by atoms with Crippen molar-refractivity contribution < 1.29 is 99.8 Å². The minimum absolute atomic E-state index is 0.0367. The third-order valence-corrected chi connectivity index (χ3v) is 17.0. The zero-order valence-electron chi connectivity index (χ0n) is 52.3. The number of hydrogen-bond donors (Lipinski definition) is 9. The molecule has 0 unspecified atom stereocenters. The van der Waals surface area contributed by atoms with E-state index in [1.165, 1.54) is 24.3 Å². The first-order valence-corrected chi connectivity index (χ1v) is 32.8. The molecule has 1 saturated heterocycles. The summed E-state index contributed by atoms with van der Waals surface area (Å²) in [5.41, 5.74) is 12.3. The maximum absolute atomic E-state index is 14.1. The Hall–Kier alpha value is -9.21. The van der Waals surface area contributed by atoms with Gasteiger partial charge in [-0.05, 0) is 46.2 Å². The Morgan fingerprint density at radius 3 is 1.30 bits per heavy atom. The highest BCUT2D eigenvalue weighted by molar-refractivity contribution is 7.89. The number of carbonyl (C=O) groups excluding carboxylic acids is 5. The first kappa shape index (κ1) is 72.1. The average Bonchev–Trinajstić information content (AvgIpc) is 1.77. The van der Waals surface area contributed by atoms with E-state index in [0.717, 1.165) is 5.56 Å². The van der Waals surface area contributed by atoms with Crippen molar-refractivity contribution >= 4 is 40.5 Å². The van der Waals surface area contributed by atoms with Crippen LogP contribution >= 0.6 is 0 Å². The summed E-state index contributed by atoms with van der Waals surface area (Å²) in [5.74, 6) is -0.598. The highest BCUT2D eigenvalue weighted by Crippen LogP contribution is 2.35. The van der Waals surface area contributed by atoms with E-state index in [1.807, 2.05) is 12.1 Å². The fourth-order valence-corrected chi connectivity index (χ4v) is 12.0. The average molecular weight is 1360 g/mol. The molecule has 4 aliphatic rings. The van der Waals surface area contributed by atoms with Gasteiger partial charge < -0.3 is 94.0 Å². The van der Waals surface area contributed by atoms with E-state index in [9.17, 15) is 47.7 Å². The minimum Gasteiger partial charge on any atom is -0.445 e. The molecule has 0 bridgehead atoms. The second-order valence-electron chi connectivity index (χ2n) is 22.6. The number of azide groups is 1. The van der Waals surface area contributed by atoms with E-state index in [0.29, 0.717) is 22.3 Å². The number of aliphatic hydroxyl groups is 3. The minimum atomic E-state index is -4.38. The quantitative estimate of drug-likeness (QED) is 0.00705. The monoisotopic (exact) mass is 1360 g/mol. The van der Waals surface area contributed by atoms with Gasteiger partial charge in [0.15, 0.2) is 18.9 Å². The van der Waals surface area contributed by atoms with Gasteiger partial charge in [0, 0.05) is 11.5 Å². The Bertz CT molecular complexity index is 3540. The zero-order chi connectivity index (χ0) is 68.4. The summed E-state index contributed by atoms with van der Waals surface area (Å²) in [7, 11) is -4.38. The van der Waals surface area contributed by atoms with Crippen LogP contribution < -0.4 is 31.3 Å². The van der Waals surface area contributed by atoms with Gasteiger partial charge in [0.05, 0.1) is 55.8 Å². The Balaban J connectivity index is 1.00. The van der Waals surface area contributed by atoms with Gasteiger partial charge in [-0.25, -0.2) is 37.1 Å². The van der Waals surface area contributed by atoms with Crippen molar-refractivity contribution in [3.63, 3.8) is 0 Å². The van der Waals surface area contributed by atoms with Gasteiger partial charge in [-0.2, -0.15) is 0 Å². The molecule has 3 heterocycles. The molecule has 15 atom stereocenters. The molecule has 31 heteroatoms. The van der Waals surface area contributed by atoms with Crippen LogP contribution in [-0.2, 0) is 95.2 Å². The molecule has 1 saturated carbocycles. The molecule has 5 aromatic rings. The summed E-state index contributed by atoms with van der Waals surface area (Å²) < 4.78 is 96.6. The molecule has 5 amide bonds. The maximum atomic E-state index is 14.1. The maximum Gasteiger partial charge on any atom is 0.408 e. The third kappa shape index (κ3) is 22.7. The molecule has 0 aromatic heterocycles. The molecule has 9 rings (SSSR count). The van der Waals surface area contributed by atoms with Gasteiger partial charge >= 0.3 is 30.5 Å². The Morgan fingerprint density at radius 2 is 0.887 bits per heavy atom. The molecule has 0 spiro atoms. The number of nitrogens with one attached hydrogen (secondary N) is 6. The second kappa shape index (κ2) is 36.8. The van der Waals surface area contributed by atoms with Crippen LogP contribution in [0.4, 0.5) is 24.0 Å². The van der Waals surface area contributed by atoms with Crippen LogP contribution in [0.1, 0.15) is 40.7 Å². The second-order valence-corrected chi connectivity index (χ2v) is 24.5. The third-order valence-electron chi connectivity index (χ3n) is 15.5. The van der Waals surface area contributed by atoms with E-state index in [2.05, 4.69) is 41.3 Å². The standard InChI is InChI=1S/C66H77N9O21S/c67-75-70-31-16-32-97(84,85)74-51-33-52(73-66(83)90-41-46-25-14-5-15-26-46)56(94-59-49(71-64(81)88-39-44-21-10-3-11-22-44)29-27-47(91-59)34-68-62(79)86-37-42-17-6-1-7-18-42)58(54(51)77)96-61-55(78)57(53(36-76)93-61)95-60-50(72-65(82)89-40-45-23-12-4-13-24-45)30-28-48(92-60)35-69-63(80)87-38-43-19-8-2-9-20-43/h1-15,17-30,47-61,74,76-78H,16,31-41H2,(H,68,79)(H,69,80)(H,71,81)(H,72,82)(H,73,83)/t47-,48+,49+,50+,51+,52-,53+,54-,55+,56+,57+,58+,59+,60+,61-/m0/s1. The van der Waals surface area contributed by atoms with Gasteiger partial charge in [-0.1, -0.05) is 181 Å². The Morgan fingerprint density at radius 1 is 0.495 bits per heavy atom. The van der Waals surface area contributed by atoms with E-state index in [-0.39, 0.29) is 59.1 Å². The lowest BCUT2D eigenvalue weighted by molar-refractivity contribution is -0.282. The normalized spacial score (nSPS) is 25.8. The molecule has 5 aromatic carbocycles. The van der Waals surface area contributed by atoms with Crippen molar-refractivity contribution in [3.05, 3.63) is 214 Å². The number of hydrogen-bond acceptors (Lipinski definition) is 22. The fraction of sp³-hybridized carbons (Fsp3) is 0.409. The van der Waals surface area contributed by atoms with Crippen LogP contribution in [0.5, 0.6) is 0 Å². The van der Waals surface area contributed by atoms with Gasteiger partial charge in [-0.15, -0.1) is 0 Å². The van der Waals surface area contributed by atoms with Gasteiger partial charge in [0.25, 0.3) is 0 Å². The summed E-state index contributed by atoms with van der Waals surface area (Å²) in [4.78, 5) is 69.9. The predicted molar refractivity (Wildman–Crippen MR) is 342 cm³/mol. The first-order valence-electron chi connectivity index (χ1n) is 31.2. The van der Waals surface area contributed by atoms with Crippen LogP contribution in [-0.4, -0.2) is 178 Å². The van der Waals surface area contributed by atoms with Gasteiger partial charge in [0.2, 0.25) is 10.0 Å². The van der Waals surface area contributed by atoms with E-state index in [4.69, 9.17) is 57.6 Å². The lowest BCUT2D eigenvalue weighted by Crippen LogP contribution is -2.68. The zero-order valence-corrected chi connectivity index (χ0v) is 53.1. The summed E-state index contributed by atoms with van der Waals surface area (Å²) in [5, 5.41) is 52.9. The van der Waals surface area contributed by atoms with Gasteiger partial charge in [-0.3, -0.25) is 0 Å². The number of ether oxygens (including phenoxy) is 11. The Labute approximate surface area is 558 Å². The van der Waals surface area contributed by atoms with Crippen LogP contribution in [0, 0.1) is 0 Å². The number of amides is 5. The predicted octanol–water partition coefficient (Wildman–Crippen LogP) is 5.27. The van der Waals surface area contributed by atoms with E-state index in [1.54, 1.807) is 140 Å². The molecule has 0 radical (unpaired) electrons. The molecule has 3 aliphatic heterocycles. The number of nitrogens with zero attached hydrogens (tertiary/aromatic N) is 3. The number of rotatable bonds is 30. The van der Waals surface area contributed by atoms with Crippen LogP contribution in [0.25, 0.3) is 10.4 Å². The number of carbonyl (C=O) groups is 5. The van der Waals surface area contributed by atoms with Gasteiger partial charge in [0.1, 0.15) is 75.6 Å². The van der Waals surface area contributed by atoms with Crippen molar-refractivity contribution in [1.29, 1.82) is 0 Å². The van der Waals surface area contributed by atoms with Crippen molar-refractivity contribution in [2.45, 2.75) is 138 Å².